The van der Waals surface area contributed by atoms with Crippen LogP contribution in [-0.2, 0) is 6.54 Å². The quantitative estimate of drug-likeness (QED) is 0.646. The second kappa shape index (κ2) is 2.97. The van der Waals surface area contributed by atoms with Crippen molar-refractivity contribution >= 4 is 0 Å². The molecule has 0 amide bonds. The molecule has 0 unspecified atom stereocenters. The Morgan fingerprint density at radius 3 is 2.75 bits per heavy atom. The van der Waals surface area contributed by atoms with Gasteiger partial charge in [0.2, 0.25) is 0 Å². The first-order chi connectivity index (χ1) is 5.86. The molecule has 0 bridgehead atoms. The molecule has 1 aromatic heterocycles. The molecule has 0 spiro atoms. The third kappa shape index (κ3) is 1.33. The summed E-state index contributed by atoms with van der Waals surface area (Å²) < 4.78 is 2.17. The Balaban J connectivity index is 2.08. The minimum absolute atomic E-state index is 0.554. The Morgan fingerprint density at radius 2 is 2.17 bits per heavy atom. The molecule has 2 heteroatoms. The van der Waals surface area contributed by atoms with Crippen molar-refractivity contribution in [1.29, 1.82) is 0 Å². The largest absolute Gasteiger partial charge is 0.334 e. The number of nitrogens with zero attached hydrogens (tertiary/aromatic N) is 2. The molecule has 0 atom stereocenters. The molecule has 1 aromatic rings. The van der Waals surface area contributed by atoms with Gasteiger partial charge in [0.1, 0.15) is 5.82 Å². The predicted octanol–water partition coefficient (Wildman–Crippen LogP) is 1.93. The van der Waals surface area contributed by atoms with Crippen molar-refractivity contribution in [3.63, 3.8) is 0 Å². The minimum atomic E-state index is 0.554. The van der Waals surface area contributed by atoms with Crippen LogP contribution in [0, 0.1) is 12.8 Å². The van der Waals surface area contributed by atoms with Gasteiger partial charge >= 0.3 is 0 Å². The van der Waals surface area contributed by atoms with E-state index in [-0.39, 0.29) is 0 Å². The van der Waals surface area contributed by atoms with Gasteiger partial charge in [-0.1, -0.05) is 24.3 Å². The second-order valence-corrected chi connectivity index (χ2v) is 3.06. The SMILES string of the molecule is Cc1nccn1CC1C=CC=C1. The van der Waals surface area contributed by atoms with Crippen molar-refractivity contribution < 1.29 is 0 Å². The van der Waals surface area contributed by atoms with Crippen molar-refractivity contribution in [3.8, 4) is 0 Å². The summed E-state index contributed by atoms with van der Waals surface area (Å²) >= 11 is 0. The summed E-state index contributed by atoms with van der Waals surface area (Å²) in [5, 5.41) is 0. The van der Waals surface area contributed by atoms with Crippen LogP contribution >= 0.6 is 0 Å². The first kappa shape index (κ1) is 7.35. The summed E-state index contributed by atoms with van der Waals surface area (Å²) in [5.74, 6) is 1.64. The topological polar surface area (TPSA) is 17.8 Å². The van der Waals surface area contributed by atoms with Crippen LogP contribution in [0.4, 0.5) is 0 Å². The van der Waals surface area contributed by atoms with Gasteiger partial charge in [0.15, 0.2) is 0 Å². The average molecular weight is 160 g/mol. The average Bonchev–Trinajstić information content (AvgIpc) is 2.65. The molecule has 0 aromatic carbocycles. The van der Waals surface area contributed by atoms with Crippen LogP contribution < -0.4 is 0 Å². The van der Waals surface area contributed by atoms with E-state index < -0.39 is 0 Å². The first-order valence-electron chi connectivity index (χ1n) is 4.19. The van der Waals surface area contributed by atoms with E-state index in [9.17, 15) is 0 Å². The van der Waals surface area contributed by atoms with Gasteiger partial charge in [0, 0.05) is 24.9 Å². The standard InChI is InChI=1S/C10H12N2/c1-9-11-6-7-12(9)8-10-4-2-3-5-10/h2-7,10H,8H2,1H3. The number of imidazole rings is 1. The maximum Gasteiger partial charge on any atom is 0.105 e. The number of hydrogen-bond donors (Lipinski definition) is 0. The van der Waals surface area contributed by atoms with Gasteiger partial charge in [0.05, 0.1) is 0 Å². The summed E-state index contributed by atoms with van der Waals surface area (Å²) in [6.07, 6.45) is 12.5. The lowest BCUT2D eigenvalue weighted by Crippen LogP contribution is -2.05. The maximum atomic E-state index is 4.17. The third-order valence-corrected chi connectivity index (χ3v) is 2.16. The van der Waals surface area contributed by atoms with E-state index >= 15 is 0 Å². The smallest absolute Gasteiger partial charge is 0.105 e. The Bertz CT molecular complexity index is 308. The van der Waals surface area contributed by atoms with E-state index in [1.165, 1.54) is 0 Å². The number of aryl methyl sites for hydroxylation is 1. The van der Waals surface area contributed by atoms with Crippen molar-refractivity contribution in [3.05, 3.63) is 42.5 Å². The highest BCUT2D eigenvalue weighted by atomic mass is 15.1. The Morgan fingerprint density at radius 1 is 1.42 bits per heavy atom. The molecule has 0 N–H and O–H groups in total. The minimum Gasteiger partial charge on any atom is -0.334 e. The molecular formula is C10H12N2. The van der Waals surface area contributed by atoms with E-state index in [1.54, 1.807) is 0 Å². The van der Waals surface area contributed by atoms with E-state index in [0.717, 1.165) is 12.4 Å². The molecule has 12 heavy (non-hydrogen) atoms. The summed E-state index contributed by atoms with van der Waals surface area (Å²) in [5.41, 5.74) is 0. The van der Waals surface area contributed by atoms with Crippen molar-refractivity contribution in [2.75, 3.05) is 0 Å². The lowest BCUT2D eigenvalue weighted by molar-refractivity contribution is 0.603. The summed E-state index contributed by atoms with van der Waals surface area (Å²) in [6.45, 7) is 3.04. The molecule has 0 aliphatic heterocycles. The van der Waals surface area contributed by atoms with E-state index in [4.69, 9.17) is 0 Å². The molecule has 0 saturated carbocycles. The van der Waals surface area contributed by atoms with Crippen LogP contribution in [0.15, 0.2) is 36.7 Å². The maximum absolute atomic E-state index is 4.17. The second-order valence-electron chi connectivity index (χ2n) is 3.06. The molecule has 0 fully saturated rings. The molecule has 2 nitrogen and oxygen atoms in total. The summed E-state index contributed by atoms with van der Waals surface area (Å²) in [4.78, 5) is 4.17. The normalized spacial score (nSPS) is 16.1. The fraction of sp³-hybridized carbons (Fsp3) is 0.300. The zero-order valence-corrected chi connectivity index (χ0v) is 7.14. The molecular weight excluding hydrogens is 148 g/mol. The lowest BCUT2D eigenvalue weighted by atomic mass is 10.2. The van der Waals surface area contributed by atoms with Gasteiger partial charge in [-0.15, -0.1) is 0 Å². The third-order valence-electron chi connectivity index (χ3n) is 2.16. The fourth-order valence-electron chi connectivity index (χ4n) is 1.42. The van der Waals surface area contributed by atoms with Gasteiger partial charge < -0.3 is 4.57 Å². The van der Waals surface area contributed by atoms with E-state index in [0.29, 0.717) is 5.92 Å². The van der Waals surface area contributed by atoms with E-state index in [1.807, 2.05) is 19.3 Å². The van der Waals surface area contributed by atoms with Crippen LogP contribution in [0.1, 0.15) is 5.82 Å². The molecule has 0 saturated heterocycles. The zero-order valence-electron chi connectivity index (χ0n) is 7.14. The van der Waals surface area contributed by atoms with Crippen LogP contribution in [-0.4, -0.2) is 9.55 Å². The van der Waals surface area contributed by atoms with Crippen LogP contribution in [0.25, 0.3) is 0 Å². The van der Waals surface area contributed by atoms with Gasteiger partial charge in [-0.2, -0.15) is 0 Å². The molecule has 1 aliphatic carbocycles. The van der Waals surface area contributed by atoms with Gasteiger partial charge in [-0.25, -0.2) is 4.98 Å². The van der Waals surface area contributed by atoms with Crippen molar-refractivity contribution in [2.45, 2.75) is 13.5 Å². The highest BCUT2D eigenvalue weighted by Gasteiger charge is 2.05. The molecule has 1 aliphatic rings. The number of rotatable bonds is 2. The van der Waals surface area contributed by atoms with E-state index in [2.05, 4.69) is 33.9 Å². The highest BCUT2D eigenvalue weighted by molar-refractivity contribution is 5.17. The first-order valence-corrected chi connectivity index (χ1v) is 4.19. The van der Waals surface area contributed by atoms with Crippen molar-refractivity contribution in [2.24, 2.45) is 5.92 Å². The summed E-state index contributed by atoms with van der Waals surface area (Å²) in [6, 6.07) is 0. The number of hydrogen-bond acceptors (Lipinski definition) is 1. The fourth-order valence-corrected chi connectivity index (χ4v) is 1.42. The lowest BCUT2D eigenvalue weighted by Gasteiger charge is -2.07. The van der Waals surface area contributed by atoms with Gasteiger partial charge in [0.25, 0.3) is 0 Å². The summed E-state index contributed by atoms with van der Waals surface area (Å²) in [7, 11) is 0. The number of allylic oxidation sites excluding steroid dienone is 4. The van der Waals surface area contributed by atoms with Gasteiger partial charge in [-0.05, 0) is 6.92 Å². The van der Waals surface area contributed by atoms with Gasteiger partial charge in [-0.3, -0.25) is 0 Å². The van der Waals surface area contributed by atoms with Crippen molar-refractivity contribution in [1.82, 2.24) is 9.55 Å². The Hall–Kier alpha value is -1.31. The monoisotopic (exact) mass is 160 g/mol. The van der Waals surface area contributed by atoms with Crippen LogP contribution in [0.3, 0.4) is 0 Å². The molecule has 1 heterocycles. The molecule has 62 valence electrons. The Labute approximate surface area is 72.2 Å². The molecule has 0 radical (unpaired) electrons. The predicted molar refractivity (Wildman–Crippen MR) is 48.7 cm³/mol. The highest BCUT2D eigenvalue weighted by Crippen LogP contribution is 2.12. The Kier molecular flexibility index (Phi) is 1.82. The van der Waals surface area contributed by atoms with Crippen LogP contribution in [0.2, 0.25) is 0 Å². The number of aromatic nitrogens is 2. The van der Waals surface area contributed by atoms with Crippen LogP contribution in [0.5, 0.6) is 0 Å². The zero-order chi connectivity index (χ0) is 8.39. The molecule has 2 rings (SSSR count).